The van der Waals surface area contributed by atoms with Crippen LogP contribution in [0.25, 0.3) is 0 Å². The predicted octanol–water partition coefficient (Wildman–Crippen LogP) is 2.42. The number of halogens is 1. The third-order valence-electron chi connectivity index (χ3n) is 2.66. The molecule has 0 radical (unpaired) electrons. The molecule has 1 N–H and O–H groups in total. The highest BCUT2D eigenvalue weighted by Gasteiger charge is 2.16. The molecule has 0 saturated carbocycles. The van der Waals surface area contributed by atoms with E-state index in [9.17, 15) is 9.50 Å². The zero-order valence-corrected chi connectivity index (χ0v) is 9.03. The van der Waals surface area contributed by atoms with Crippen molar-refractivity contribution in [3.8, 4) is 0 Å². The Balaban J connectivity index is 2.04. The first-order valence-electron chi connectivity index (χ1n) is 5.51. The highest BCUT2D eigenvalue weighted by Crippen LogP contribution is 2.18. The van der Waals surface area contributed by atoms with Gasteiger partial charge in [0.2, 0.25) is 0 Å². The average Bonchev–Trinajstić information content (AvgIpc) is 2.33. The van der Waals surface area contributed by atoms with Gasteiger partial charge in [0.05, 0.1) is 6.61 Å². The van der Waals surface area contributed by atoms with Crippen molar-refractivity contribution in [3.05, 3.63) is 47.5 Å². The highest BCUT2D eigenvalue weighted by molar-refractivity contribution is 5.20. The Morgan fingerprint density at radius 3 is 2.88 bits per heavy atom. The summed E-state index contributed by atoms with van der Waals surface area (Å²) in [5.41, 5.74) is 0.519. The van der Waals surface area contributed by atoms with E-state index < -0.39 is 6.10 Å². The van der Waals surface area contributed by atoms with Crippen molar-refractivity contribution in [1.29, 1.82) is 0 Å². The van der Waals surface area contributed by atoms with E-state index in [1.54, 1.807) is 18.2 Å². The Labute approximate surface area is 94.4 Å². The summed E-state index contributed by atoms with van der Waals surface area (Å²) < 4.78 is 18.7. The minimum absolute atomic E-state index is 0.262. The third kappa shape index (κ3) is 2.61. The summed E-state index contributed by atoms with van der Waals surface area (Å²) in [5.74, 6) is 0.299. The summed E-state index contributed by atoms with van der Waals surface area (Å²) in [7, 11) is 0. The fourth-order valence-corrected chi connectivity index (χ4v) is 1.78. The monoisotopic (exact) mass is 222 g/mol. The fourth-order valence-electron chi connectivity index (χ4n) is 1.78. The average molecular weight is 222 g/mol. The van der Waals surface area contributed by atoms with Gasteiger partial charge in [-0.15, -0.1) is 0 Å². The standard InChI is InChI=1S/C13H15FO2/c14-11-6-2-1-5-10(11)9-12(15)13-7-3-4-8-16-13/h1-2,5-7,12,15H,3-4,8-9H2. The van der Waals surface area contributed by atoms with E-state index in [0.717, 1.165) is 12.8 Å². The van der Waals surface area contributed by atoms with Gasteiger partial charge in [-0.25, -0.2) is 4.39 Å². The maximum atomic E-state index is 13.3. The number of aliphatic hydroxyl groups is 1. The van der Waals surface area contributed by atoms with E-state index in [2.05, 4.69) is 0 Å². The molecule has 86 valence electrons. The van der Waals surface area contributed by atoms with Crippen LogP contribution in [0, 0.1) is 5.82 Å². The number of hydrogen-bond donors (Lipinski definition) is 1. The molecule has 0 amide bonds. The molecule has 0 spiro atoms. The smallest absolute Gasteiger partial charge is 0.126 e. The molecule has 0 aromatic heterocycles. The Morgan fingerprint density at radius 1 is 1.38 bits per heavy atom. The van der Waals surface area contributed by atoms with Gasteiger partial charge in [-0.2, -0.15) is 0 Å². The Kier molecular flexibility index (Phi) is 3.57. The van der Waals surface area contributed by atoms with Crippen LogP contribution in [-0.4, -0.2) is 17.8 Å². The summed E-state index contributed by atoms with van der Waals surface area (Å²) in [5, 5.41) is 9.89. The van der Waals surface area contributed by atoms with Gasteiger partial charge < -0.3 is 9.84 Å². The van der Waals surface area contributed by atoms with Crippen molar-refractivity contribution in [3.63, 3.8) is 0 Å². The van der Waals surface area contributed by atoms with Crippen molar-refractivity contribution in [2.24, 2.45) is 0 Å². The second-order valence-corrected chi connectivity index (χ2v) is 3.91. The van der Waals surface area contributed by atoms with E-state index in [1.165, 1.54) is 6.07 Å². The topological polar surface area (TPSA) is 29.5 Å². The molecule has 1 atom stereocenters. The molecule has 1 heterocycles. The number of hydrogen-bond acceptors (Lipinski definition) is 2. The number of benzene rings is 1. The van der Waals surface area contributed by atoms with Gasteiger partial charge in [0.15, 0.2) is 0 Å². The van der Waals surface area contributed by atoms with Gasteiger partial charge in [0.25, 0.3) is 0 Å². The van der Waals surface area contributed by atoms with Crippen molar-refractivity contribution in [2.75, 3.05) is 6.61 Å². The molecular formula is C13H15FO2. The third-order valence-corrected chi connectivity index (χ3v) is 2.66. The minimum atomic E-state index is -0.739. The van der Waals surface area contributed by atoms with Gasteiger partial charge in [-0.05, 0) is 30.5 Å². The molecule has 1 aromatic rings. The van der Waals surface area contributed by atoms with Crippen LogP contribution < -0.4 is 0 Å². The Hall–Kier alpha value is -1.35. The molecular weight excluding hydrogens is 207 g/mol. The van der Waals surface area contributed by atoms with Crippen molar-refractivity contribution >= 4 is 0 Å². The second kappa shape index (κ2) is 5.12. The summed E-state index contributed by atoms with van der Waals surface area (Å²) in [6.07, 6.45) is 3.31. The molecule has 2 nitrogen and oxygen atoms in total. The van der Waals surface area contributed by atoms with Gasteiger partial charge in [-0.1, -0.05) is 18.2 Å². The first-order valence-corrected chi connectivity index (χ1v) is 5.51. The number of rotatable bonds is 3. The van der Waals surface area contributed by atoms with Crippen LogP contribution >= 0.6 is 0 Å². The van der Waals surface area contributed by atoms with Crippen LogP contribution in [0.4, 0.5) is 4.39 Å². The summed E-state index contributed by atoms with van der Waals surface area (Å²) in [4.78, 5) is 0. The lowest BCUT2D eigenvalue weighted by atomic mass is 10.0. The van der Waals surface area contributed by atoms with E-state index >= 15 is 0 Å². The number of ether oxygens (including phenoxy) is 1. The van der Waals surface area contributed by atoms with Crippen molar-refractivity contribution < 1.29 is 14.2 Å². The fraction of sp³-hybridized carbons (Fsp3) is 0.385. The normalized spacial score (nSPS) is 17.5. The first kappa shape index (κ1) is 11.1. The van der Waals surface area contributed by atoms with Gasteiger partial charge >= 0.3 is 0 Å². The Bertz CT molecular complexity index is 387. The van der Waals surface area contributed by atoms with Gasteiger partial charge in [-0.3, -0.25) is 0 Å². The van der Waals surface area contributed by atoms with Crippen LogP contribution in [0.15, 0.2) is 36.1 Å². The van der Waals surface area contributed by atoms with E-state index in [-0.39, 0.29) is 12.2 Å². The van der Waals surface area contributed by atoms with Crippen LogP contribution in [0.5, 0.6) is 0 Å². The number of aliphatic hydroxyl groups excluding tert-OH is 1. The van der Waals surface area contributed by atoms with Crippen molar-refractivity contribution in [1.82, 2.24) is 0 Å². The van der Waals surface area contributed by atoms with Crippen LogP contribution in [0.3, 0.4) is 0 Å². The molecule has 0 fully saturated rings. The molecule has 1 aliphatic heterocycles. The molecule has 0 saturated heterocycles. The summed E-state index contributed by atoms with van der Waals surface area (Å²) in [6.45, 7) is 0.639. The van der Waals surface area contributed by atoms with Crippen molar-refractivity contribution in [2.45, 2.75) is 25.4 Å². The predicted molar refractivity (Wildman–Crippen MR) is 59.4 cm³/mol. The zero-order chi connectivity index (χ0) is 11.4. The molecule has 0 aliphatic carbocycles. The minimum Gasteiger partial charge on any atom is -0.495 e. The van der Waals surface area contributed by atoms with E-state index in [1.807, 2.05) is 6.08 Å². The maximum Gasteiger partial charge on any atom is 0.126 e. The highest BCUT2D eigenvalue weighted by atomic mass is 19.1. The molecule has 0 bridgehead atoms. The molecule has 16 heavy (non-hydrogen) atoms. The number of allylic oxidation sites excluding steroid dienone is 1. The quantitative estimate of drug-likeness (QED) is 0.851. The lowest BCUT2D eigenvalue weighted by molar-refractivity contribution is 0.0913. The van der Waals surface area contributed by atoms with Crippen LogP contribution in [0.1, 0.15) is 18.4 Å². The molecule has 1 aromatic carbocycles. The molecule has 3 heteroatoms. The van der Waals surface area contributed by atoms with Crippen LogP contribution in [0.2, 0.25) is 0 Å². The molecule has 2 rings (SSSR count). The van der Waals surface area contributed by atoms with Crippen LogP contribution in [-0.2, 0) is 11.2 Å². The second-order valence-electron chi connectivity index (χ2n) is 3.91. The molecule has 1 aliphatic rings. The SMILES string of the molecule is OC(Cc1ccccc1F)C1=CCCCO1. The summed E-state index contributed by atoms with van der Waals surface area (Å²) in [6, 6.07) is 6.49. The maximum absolute atomic E-state index is 13.3. The first-order chi connectivity index (χ1) is 7.77. The Morgan fingerprint density at radius 2 is 2.19 bits per heavy atom. The molecule has 1 unspecified atom stereocenters. The zero-order valence-electron chi connectivity index (χ0n) is 9.03. The lowest BCUT2D eigenvalue weighted by Gasteiger charge is -2.19. The van der Waals surface area contributed by atoms with Gasteiger partial charge in [0.1, 0.15) is 17.7 Å². The van der Waals surface area contributed by atoms with E-state index in [0.29, 0.717) is 17.9 Å². The van der Waals surface area contributed by atoms with E-state index in [4.69, 9.17) is 4.74 Å². The summed E-state index contributed by atoms with van der Waals surface area (Å²) >= 11 is 0. The van der Waals surface area contributed by atoms with Gasteiger partial charge in [0, 0.05) is 6.42 Å². The largest absolute Gasteiger partial charge is 0.495 e. The lowest BCUT2D eigenvalue weighted by Crippen LogP contribution is -2.19.